The van der Waals surface area contributed by atoms with Crippen molar-refractivity contribution in [1.82, 2.24) is 0 Å². The van der Waals surface area contributed by atoms with Crippen molar-refractivity contribution in [3.8, 4) is 0 Å². The summed E-state index contributed by atoms with van der Waals surface area (Å²) in [6.45, 7) is 3.37. The van der Waals surface area contributed by atoms with Crippen LogP contribution in [0.3, 0.4) is 0 Å². The summed E-state index contributed by atoms with van der Waals surface area (Å²) < 4.78 is 19.2. The van der Waals surface area contributed by atoms with Crippen molar-refractivity contribution in [2.75, 3.05) is 4.90 Å². The van der Waals surface area contributed by atoms with Crippen LogP contribution in [0.25, 0.3) is 5.76 Å². The second-order valence-corrected chi connectivity index (χ2v) is 7.49. The van der Waals surface area contributed by atoms with Gasteiger partial charge in [-0.2, -0.15) is 0 Å². The molecule has 0 aliphatic carbocycles. The second kappa shape index (κ2) is 7.46. The molecule has 1 aliphatic rings. The molecule has 1 aliphatic heterocycles. The summed E-state index contributed by atoms with van der Waals surface area (Å²) >= 11 is 6.23. The number of carbonyl (C=O) groups excluding carboxylic acids is 2. The van der Waals surface area contributed by atoms with E-state index >= 15 is 0 Å². The predicted octanol–water partition coefficient (Wildman–Crippen LogP) is 5.32. The number of furan rings is 1. The zero-order valence-corrected chi connectivity index (χ0v) is 16.9. The number of aliphatic hydroxyl groups is 1. The number of aliphatic hydroxyl groups excluding tert-OH is 1. The molecule has 1 aromatic heterocycles. The number of amides is 1. The third-order valence-corrected chi connectivity index (χ3v) is 5.53. The van der Waals surface area contributed by atoms with Gasteiger partial charge >= 0.3 is 0 Å². The molecule has 5 nitrogen and oxygen atoms in total. The number of benzene rings is 2. The number of anilines is 1. The van der Waals surface area contributed by atoms with Gasteiger partial charge in [0.1, 0.15) is 23.4 Å². The van der Waals surface area contributed by atoms with Crippen molar-refractivity contribution in [2.24, 2.45) is 0 Å². The summed E-state index contributed by atoms with van der Waals surface area (Å²) in [5.41, 5.74) is 1.59. The van der Waals surface area contributed by atoms with E-state index in [1.807, 2.05) is 6.92 Å². The Labute approximate surface area is 177 Å². The molecule has 1 unspecified atom stereocenters. The lowest BCUT2D eigenvalue weighted by Crippen LogP contribution is -2.29. The van der Waals surface area contributed by atoms with Gasteiger partial charge in [0.2, 0.25) is 0 Å². The molecule has 0 radical (unpaired) electrons. The minimum atomic E-state index is -0.996. The van der Waals surface area contributed by atoms with E-state index in [0.717, 1.165) is 5.56 Å². The summed E-state index contributed by atoms with van der Waals surface area (Å²) in [7, 11) is 0. The first-order chi connectivity index (χ1) is 14.3. The highest BCUT2D eigenvalue weighted by atomic mass is 35.5. The molecular formula is C23H17ClFNO4. The molecule has 0 saturated carbocycles. The van der Waals surface area contributed by atoms with Gasteiger partial charge in [-0.25, -0.2) is 4.39 Å². The molecule has 2 aromatic carbocycles. The Morgan fingerprint density at radius 1 is 1.10 bits per heavy atom. The van der Waals surface area contributed by atoms with E-state index < -0.39 is 29.3 Å². The SMILES string of the molecule is Cc1cc(/C(O)=C2/C(=O)C(=O)N(c3ccc(C)c(Cl)c3)C2c2ccco2)ccc1F. The third kappa shape index (κ3) is 3.19. The standard InChI is InChI=1S/C23H17ClFNO4/c1-12-5-7-15(11-16(12)24)26-20(18-4-3-9-30-18)19(22(28)23(26)29)21(27)14-6-8-17(25)13(2)10-14/h3-11,20,27H,1-2H3/b21-19-. The van der Waals surface area contributed by atoms with Crippen LogP contribution < -0.4 is 4.90 Å². The summed E-state index contributed by atoms with van der Waals surface area (Å²) in [5, 5.41) is 11.4. The van der Waals surface area contributed by atoms with Crippen LogP contribution in [0.15, 0.2) is 64.8 Å². The first-order valence-corrected chi connectivity index (χ1v) is 9.54. The molecule has 1 atom stereocenters. The fourth-order valence-electron chi connectivity index (χ4n) is 3.49. The van der Waals surface area contributed by atoms with E-state index in [1.54, 1.807) is 37.3 Å². The second-order valence-electron chi connectivity index (χ2n) is 7.08. The number of Topliss-reactive ketones (excluding diaryl/α,β-unsaturated/α-hetero) is 1. The highest BCUT2D eigenvalue weighted by molar-refractivity contribution is 6.51. The number of hydrogen-bond donors (Lipinski definition) is 1. The lowest BCUT2D eigenvalue weighted by molar-refractivity contribution is -0.132. The average molecular weight is 426 g/mol. The summed E-state index contributed by atoms with van der Waals surface area (Å²) in [6.07, 6.45) is 1.42. The van der Waals surface area contributed by atoms with Crippen LogP contribution in [0, 0.1) is 19.7 Å². The Morgan fingerprint density at radius 3 is 2.50 bits per heavy atom. The van der Waals surface area contributed by atoms with Crippen molar-refractivity contribution < 1.29 is 23.5 Å². The Kier molecular flexibility index (Phi) is 4.95. The number of nitrogens with zero attached hydrogens (tertiary/aromatic N) is 1. The molecule has 0 bridgehead atoms. The van der Waals surface area contributed by atoms with Crippen LogP contribution in [-0.2, 0) is 9.59 Å². The fourth-order valence-corrected chi connectivity index (χ4v) is 3.67. The van der Waals surface area contributed by atoms with Crippen LogP contribution >= 0.6 is 11.6 Å². The molecule has 0 spiro atoms. The highest BCUT2D eigenvalue weighted by Gasteiger charge is 2.48. The smallest absolute Gasteiger partial charge is 0.300 e. The lowest BCUT2D eigenvalue weighted by atomic mass is 9.98. The topological polar surface area (TPSA) is 70.8 Å². The van der Waals surface area contributed by atoms with Gasteiger partial charge in [-0.05, 0) is 67.4 Å². The Morgan fingerprint density at radius 2 is 1.87 bits per heavy atom. The van der Waals surface area contributed by atoms with E-state index in [9.17, 15) is 19.1 Å². The van der Waals surface area contributed by atoms with E-state index in [0.29, 0.717) is 22.0 Å². The summed E-state index contributed by atoms with van der Waals surface area (Å²) in [6, 6.07) is 11.2. The Bertz CT molecular complexity index is 1200. The van der Waals surface area contributed by atoms with Gasteiger partial charge in [0.05, 0.1) is 11.8 Å². The number of carbonyl (C=O) groups is 2. The third-order valence-electron chi connectivity index (χ3n) is 5.12. The predicted molar refractivity (Wildman–Crippen MR) is 111 cm³/mol. The Hall–Kier alpha value is -3.38. The molecule has 152 valence electrons. The lowest BCUT2D eigenvalue weighted by Gasteiger charge is -2.23. The van der Waals surface area contributed by atoms with E-state index in [1.165, 1.54) is 29.4 Å². The Balaban J connectivity index is 1.93. The first kappa shape index (κ1) is 19.9. The van der Waals surface area contributed by atoms with Crippen molar-refractivity contribution in [1.29, 1.82) is 0 Å². The molecule has 1 amide bonds. The monoisotopic (exact) mass is 425 g/mol. The number of hydrogen-bond acceptors (Lipinski definition) is 4. The van der Waals surface area contributed by atoms with Crippen molar-refractivity contribution in [3.05, 3.63) is 93.7 Å². The summed E-state index contributed by atoms with van der Waals surface area (Å²) in [4.78, 5) is 27.2. The van der Waals surface area contributed by atoms with Gasteiger partial charge in [0, 0.05) is 16.3 Å². The first-order valence-electron chi connectivity index (χ1n) is 9.16. The maximum Gasteiger partial charge on any atom is 0.300 e. The van der Waals surface area contributed by atoms with Gasteiger partial charge in [0.15, 0.2) is 0 Å². The van der Waals surface area contributed by atoms with Gasteiger partial charge < -0.3 is 9.52 Å². The molecule has 2 heterocycles. The largest absolute Gasteiger partial charge is 0.507 e. The molecule has 1 fully saturated rings. The average Bonchev–Trinajstić information content (AvgIpc) is 3.33. The van der Waals surface area contributed by atoms with E-state index in [4.69, 9.17) is 16.0 Å². The maximum absolute atomic E-state index is 13.7. The van der Waals surface area contributed by atoms with Gasteiger partial charge in [-0.1, -0.05) is 17.7 Å². The zero-order chi connectivity index (χ0) is 21.6. The van der Waals surface area contributed by atoms with Crippen LogP contribution in [0.1, 0.15) is 28.5 Å². The molecule has 30 heavy (non-hydrogen) atoms. The minimum Gasteiger partial charge on any atom is -0.507 e. The minimum absolute atomic E-state index is 0.141. The highest BCUT2D eigenvalue weighted by Crippen LogP contribution is 2.43. The number of ketones is 1. The molecule has 7 heteroatoms. The molecular weight excluding hydrogens is 409 g/mol. The molecule has 1 saturated heterocycles. The van der Waals surface area contributed by atoms with Gasteiger partial charge in [-0.3, -0.25) is 14.5 Å². The van der Waals surface area contributed by atoms with E-state index in [2.05, 4.69) is 0 Å². The number of aryl methyl sites for hydroxylation is 2. The van der Waals surface area contributed by atoms with Gasteiger partial charge in [0.25, 0.3) is 11.7 Å². The quantitative estimate of drug-likeness (QED) is 0.350. The molecule has 3 aromatic rings. The number of halogens is 2. The fraction of sp³-hybridized carbons (Fsp3) is 0.130. The van der Waals surface area contributed by atoms with E-state index in [-0.39, 0.29) is 11.1 Å². The summed E-state index contributed by atoms with van der Waals surface area (Å²) in [5.74, 6) is -2.24. The van der Waals surface area contributed by atoms with Crippen LogP contribution in [0.2, 0.25) is 5.02 Å². The van der Waals surface area contributed by atoms with Crippen LogP contribution in [0.5, 0.6) is 0 Å². The van der Waals surface area contributed by atoms with Crippen molar-refractivity contribution >= 4 is 34.7 Å². The van der Waals surface area contributed by atoms with Crippen molar-refractivity contribution in [3.63, 3.8) is 0 Å². The zero-order valence-electron chi connectivity index (χ0n) is 16.1. The normalized spacial score (nSPS) is 18.3. The molecule has 1 N–H and O–H groups in total. The van der Waals surface area contributed by atoms with Crippen LogP contribution in [-0.4, -0.2) is 16.8 Å². The molecule has 4 rings (SSSR count). The van der Waals surface area contributed by atoms with Gasteiger partial charge in [-0.15, -0.1) is 0 Å². The van der Waals surface area contributed by atoms with Crippen molar-refractivity contribution in [2.45, 2.75) is 19.9 Å². The maximum atomic E-state index is 13.7. The number of rotatable bonds is 3. The van der Waals surface area contributed by atoms with Crippen LogP contribution in [0.4, 0.5) is 10.1 Å².